The van der Waals surface area contributed by atoms with Crippen LogP contribution >= 0.6 is 0 Å². The molecule has 0 fully saturated rings. The molecule has 2 rings (SSSR count). The van der Waals surface area contributed by atoms with Gasteiger partial charge < -0.3 is 9.47 Å². The SMILES string of the molecule is Cc1cc(C)nc(Oc2ccc(OC(F)(F)F)cc2)n1. The van der Waals surface area contributed by atoms with E-state index in [1.807, 2.05) is 0 Å². The van der Waals surface area contributed by atoms with Crippen molar-refractivity contribution in [2.24, 2.45) is 0 Å². The second-order valence-corrected chi connectivity index (χ2v) is 4.05. The molecule has 1 aromatic heterocycles. The number of nitrogens with zero attached hydrogens (tertiary/aromatic N) is 2. The summed E-state index contributed by atoms with van der Waals surface area (Å²) in [5.41, 5.74) is 1.48. The van der Waals surface area contributed by atoms with Gasteiger partial charge in [-0.15, -0.1) is 13.2 Å². The summed E-state index contributed by atoms with van der Waals surface area (Å²) < 4.78 is 45.1. The average Bonchev–Trinajstić information content (AvgIpc) is 2.28. The lowest BCUT2D eigenvalue weighted by molar-refractivity contribution is -0.274. The van der Waals surface area contributed by atoms with Crippen LogP contribution < -0.4 is 9.47 Å². The van der Waals surface area contributed by atoms with Gasteiger partial charge in [-0.2, -0.15) is 0 Å². The molecule has 7 heteroatoms. The molecular weight excluding hydrogens is 273 g/mol. The largest absolute Gasteiger partial charge is 0.573 e. The van der Waals surface area contributed by atoms with Crippen molar-refractivity contribution >= 4 is 0 Å². The Morgan fingerprint density at radius 1 is 0.900 bits per heavy atom. The Morgan fingerprint density at radius 2 is 1.40 bits per heavy atom. The second kappa shape index (κ2) is 5.36. The van der Waals surface area contributed by atoms with Crippen LogP contribution in [-0.4, -0.2) is 16.3 Å². The van der Waals surface area contributed by atoms with E-state index in [0.717, 1.165) is 23.5 Å². The van der Waals surface area contributed by atoms with Crippen molar-refractivity contribution in [3.05, 3.63) is 41.7 Å². The summed E-state index contributed by atoms with van der Waals surface area (Å²) in [6, 6.07) is 6.95. The summed E-state index contributed by atoms with van der Waals surface area (Å²) >= 11 is 0. The van der Waals surface area contributed by atoms with E-state index in [-0.39, 0.29) is 11.8 Å². The smallest absolute Gasteiger partial charge is 0.424 e. The molecule has 2 aromatic rings. The third-order valence-electron chi connectivity index (χ3n) is 2.23. The lowest BCUT2D eigenvalue weighted by Gasteiger charge is -2.09. The van der Waals surface area contributed by atoms with Crippen LogP contribution in [0.1, 0.15) is 11.4 Å². The Bertz CT molecular complexity index is 577. The maximum absolute atomic E-state index is 12.0. The van der Waals surface area contributed by atoms with Crippen molar-refractivity contribution in [2.45, 2.75) is 20.2 Å². The van der Waals surface area contributed by atoms with Crippen molar-refractivity contribution in [3.8, 4) is 17.5 Å². The van der Waals surface area contributed by atoms with E-state index < -0.39 is 6.36 Å². The average molecular weight is 284 g/mol. The van der Waals surface area contributed by atoms with Gasteiger partial charge in [0.05, 0.1) is 0 Å². The number of aryl methyl sites for hydroxylation is 2. The van der Waals surface area contributed by atoms with Crippen molar-refractivity contribution in [1.82, 2.24) is 9.97 Å². The van der Waals surface area contributed by atoms with Crippen molar-refractivity contribution in [2.75, 3.05) is 0 Å². The fourth-order valence-electron chi connectivity index (χ4n) is 1.55. The van der Waals surface area contributed by atoms with Crippen LogP contribution in [0, 0.1) is 13.8 Å². The third kappa shape index (κ3) is 4.11. The van der Waals surface area contributed by atoms with Crippen LogP contribution in [0.3, 0.4) is 0 Å². The molecule has 0 unspecified atom stereocenters. The summed E-state index contributed by atoms with van der Waals surface area (Å²) in [5, 5.41) is 0. The molecule has 106 valence electrons. The summed E-state index contributed by atoms with van der Waals surface area (Å²) in [6.07, 6.45) is -4.71. The standard InChI is InChI=1S/C13H11F3N2O2/c1-8-7-9(2)18-12(17-8)19-10-3-5-11(6-4-10)20-13(14,15)16/h3-7H,1-2H3. The first-order valence-corrected chi connectivity index (χ1v) is 5.68. The van der Waals surface area contributed by atoms with E-state index in [4.69, 9.17) is 4.74 Å². The monoisotopic (exact) mass is 284 g/mol. The summed E-state index contributed by atoms with van der Waals surface area (Å²) in [7, 11) is 0. The number of hydrogen-bond donors (Lipinski definition) is 0. The van der Waals surface area contributed by atoms with Gasteiger partial charge in [-0.05, 0) is 44.2 Å². The fraction of sp³-hybridized carbons (Fsp3) is 0.231. The van der Waals surface area contributed by atoms with Gasteiger partial charge in [0.15, 0.2) is 0 Å². The highest BCUT2D eigenvalue weighted by molar-refractivity contribution is 5.33. The first-order chi connectivity index (χ1) is 9.32. The van der Waals surface area contributed by atoms with E-state index in [9.17, 15) is 13.2 Å². The molecule has 0 saturated heterocycles. The zero-order chi connectivity index (χ0) is 14.8. The van der Waals surface area contributed by atoms with Crippen LogP contribution in [0.25, 0.3) is 0 Å². The van der Waals surface area contributed by atoms with E-state index in [1.165, 1.54) is 12.1 Å². The van der Waals surface area contributed by atoms with Gasteiger partial charge in [0.1, 0.15) is 11.5 Å². The minimum Gasteiger partial charge on any atom is -0.424 e. The number of rotatable bonds is 3. The lowest BCUT2D eigenvalue weighted by atomic mass is 10.3. The molecule has 0 atom stereocenters. The number of alkyl halides is 3. The van der Waals surface area contributed by atoms with E-state index in [0.29, 0.717) is 5.75 Å². The normalized spacial score (nSPS) is 11.2. The lowest BCUT2D eigenvalue weighted by Crippen LogP contribution is -2.16. The van der Waals surface area contributed by atoms with Gasteiger partial charge in [-0.3, -0.25) is 0 Å². The second-order valence-electron chi connectivity index (χ2n) is 4.05. The predicted molar refractivity (Wildman–Crippen MR) is 64.7 cm³/mol. The van der Waals surface area contributed by atoms with E-state index >= 15 is 0 Å². The quantitative estimate of drug-likeness (QED) is 0.860. The van der Waals surface area contributed by atoms with E-state index in [2.05, 4.69) is 14.7 Å². The van der Waals surface area contributed by atoms with E-state index in [1.54, 1.807) is 19.9 Å². The zero-order valence-electron chi connectivity index (χ0n) is 10.7. The first kappa shape index (κ1) is 14.1. The Morgan fingerprint density at radius 3 is 1.90 bits per heavy atom. The Kier molecular flexibility index (Phi) is 3.78. The van der Waals surface area contributed by atoms with Crippen molar-refractivity contribution in [3.63, 3.8) is 0 Å². The summed E-state index contributed by atoms with van der Waals surface area (Å²) in [5.74, 6) is 0.00992. The van der Waals surface area contributed by atoms with Crippen LogP contribution in [0.4, 0.5) is 13.2 Å². The number of benzene rings is 1. The number of halogens is 3. The number of hydrogen-bond acceptors (Lipinski definition) is 4. The molecule has 4 nitrogen and oxygen atoms in total. The summed E-state index contributed by atoms with van der Waals surface area (Å²) in [6.45, 7) is 3.59. The fourth-order valence-corrected chi connectivity index (χ4v) is 1.55. The molecule has 0 saturated carbocycles. The maximum Gasteiger partial charge on any atom is 0.573 e. The maximum atomic E-state index is 12.0. The third-order valence-corrected chi connectivity index (χ3v) is 2.23. The summed E-state index contributed by atoms with van der Waals surface area (Å²) in [4.78, 5) is 8.13. The number of aromatic nitrogens is 2. The highest BCUT2D eigenvalue weighted by atomic mass is 19.4. The minimum atomic E-state index is -4.71. The van der Waals surface area contributed by atoms with Gasteiger partial charge in [-0.25, -0.2) is 9.97 Å². The molecule has 0 aliphatic heterocycles. The van der Waals surface area contributed by atoms with Crippen molar-refractivity contribution < 1.29 is 22.6 Å². The Labute approximate surface area is 113 Å². The van der Waals surface area contributed by atoms with Crippen LogP contribution in [0.5, 0.6) is 17.5 Å². The van der Waals surface area contributed by atoms with Gasteiger partial charge >= 0.3 is 12.4 Å². The highest BCUT2D eigenvalue weighted by Gasteiger charge is 2.30. The molecular formula is C13H11F3N2O2. The van der Waals surface area contributed by atoms with Crippen LogP contribution in [0.2, 0.25) is 0 Å². The predicted octanol–water partition coefficient (Wildman–Crippen LogP) is 3.78. The molecule has 0 radical (unpaired) electrons. The molecule has 0 amide bonds. The molecule has 0 aliphatic carbocycles. The molecule has 1 heterocycles. The van der Waals surface area contributed by atoms with Crippen LogP contribution in [-0.2, 0) is 0 Å². The van der Waals surface area contributed by atoms with Gasteiger partial charge in [0, 0.05) is 11.4 Å². The number of ether oxygens (including phenoxy) is 2. The Balaban J connectivity index is 2.10. The molecule has 0 spiro atoms. The Hall–Kier alpha value is -2.31. The molecule has 0 N–H and O–H groups in total. The zero-order valence-corrected chi connectivity index (χ0v) is 10.7. The van der Waals surface area contributed by atoms with Gasteiger partial charge in [0.25, 0.3) is 0 Å². The highest BCUT2D eigenvalue weighted by Crippen LogP contribution is 2.26. The van der Waals surface area contributed by atoms with Gasteiger partial charge in [0.2, 0.25) is 0 Å². The molecule has 0 aliphatic rings. The minimum absolute atomic E-state index is 0.145. The van der Waals surface area contributed by atoms with Crippen molar-refractivity contribution in [1.29, 1.82) is 0 Å². The van der Waals surface area contributed by atoms with Gasteiger partial charge in [-0.1, -0.05) is 0 Å². The first-order valence-electron chi connectivity index (χ1n) is 5.68. The molecule has 0 bridgehead atoms. The topological polar surface area (TPSA) is 44.2 Å². The van der Waals surface area contributed by atoms with Crippen LogP contribution in [0.15, 0.2) is 30.3 Å². The molecule has 1 aromatic carbocycles. The molecule has 20 heavy (non-hydrogen) atoms.